The molecule has 0 aromatic heterocycles. The standard InChI is InChI=1S/C7H16N2O/c1-3-5-10-6-4-7(8)9-2/h3-6H2,1-2H3,(H2,8,9). The summed E-state index contributed by atoms with van der Waals surface area (Å²) in [5.41, 5.74) is 5.43. The number of amidine groups is 1. The number of nitrogens with two attached hydrogens (primary N) is 1. The fraction of sp³-hybridized carbons (Fsp3) is 0.857. The molecular formula is C7H16N2O. The van der Waals surface area contributed by atoms with Crippen molar-refractivity contribution in [2.45, 2.75) is 19.8 Å². The van der Waals surface area contributed by atoms with Gasteiger partial charge in [-0.25, -0.2) is 0 Å². The van der Waals surface area contributed by atoms with Crippen LogP contribution in [0.25, 0.3) is 0 Å². The Kier molecular flexibility index (Phi) is 6.18. The van der Waals surface area contributed by atoms with Gasteiger partial charge in [0.25, 0.3) is 0 Å². The van der Waals surface area contributed by atoms with Gasteiger partial charge in [0.15, 0.2) is 0 Å². The maximum atomic E-state index is 5.43. The third kappa shape index (κ3) is 5.56. The fourth-order valence-corrected chi connectivity index (χ4v) is 0.535. The van der Waals surface area contributed by atoms with E-state index in [4.69, 9.17) is 10.5 Å². The van der Waals surface area contributed by atoms with E-state index >= 15 is 0 Å². The molecule has 2 N–H and O–H groups in total. The van der Waals surface area contributed by atoms with E-state index in [0.29, 0.717) is 12.4 Å². The largest absolute Gasteiger partial charge is 0.387 e. The predicted octanol–water partition coefficient (Wildman–Crippen LogP) is 0.790. The van der Waals surface area contributed by atoms with Crippen LogP contribution in [0, 0.1) is 0 Å². The molecule has 0 fully saturated rings. The van der Waals surface area contributed by atoms with Crippen molar-refractivity contribution < 1.29 is 4.74 Å². The minimum Gasteiger partial charge on any atom is -0.387 e. The maximum Gasteiger partial charge on any atom is 0.0956 e. The van der Waals surface area contributed by atoms with Crippen LogP contribution in [-0.4, -0.2) is 26.1 Å². The van der Waals surface area contributed by atoms with E-state index in [0.717, 1.165) is 19.4 Å². The second-order valence-corrected chi connectivity index (χ2v) is 2.08. The highest BCUT2D eigenvalue weighted by Gasteiger charge is 1.89. The minimum atomic E-state index is 0.663. The first-order valence-electron chi connectivity index (χ1n) is 3.60. The first kappa shape index (κ1) is 9.43. The average Bonchev–Trinajstić information content (AvgIpc) is 1.98. The maximum absolute atomic E-state index is 5.43. The quantitative estimate of drug-likeness (QED) is 0.352. The van der Waals surface area contributed by atoms with Crippen LogP contribution in [0.4, 0.5) is 0 Å². The Labute approximate surface area is 62.3 Å². The van der Waals surface area contributed by atoms with E-state index in [1.165, 1.54) is 0 Å². The van der Waals surface area contributed by atoms with Crippen molar-refractivity contribution in [2.24, 2.45) is 10.7 Å². The summed E-state index contributed by atoms with van der Waals surface area (Å²) in [7, 11) is 1.69. The lowest BCUT2D eigenvalue weighted by Gasteiger charge is -2.00. The summed E-state index contributed by atoms with van der Waals surface area (Å²) >= 11 is 0. The van der Waals surface area contributed by atoms with Crippen molar-refractivity contribution in [1.29, 1.82) is 0 Å². The SMILES string of the molecule is CCCOCCC(N)=NC. The zero-order valence-electron chi connectivity index (χ0n) is 6.76. The number of hydrogen-bond donors (Lipinski definition) is 1. The van der Waals surface area contributed by atoms with E-state index in [1.54, 1.807) is 7.05 Å². The van der Waals surface area contributed by atoms with Crippen molar-refractivity contribution in [3.63, 3.8) is 0 Å². The van der Waals surface area contributed by atoms with Gasteiger partial charge in [-0.15, -0.1) is 0 Å². The van der Waals surface area contributed by atoms with Crippen molar-refractivity contribution >= 4 is 5.84 Å². The summed E-state index contributed by atoms with van der Waals surface area (Å²) in [5, 5.41) is 0. The van der Waals surface area contributed by atoms with Gasteiger partial charge in [0, 0.05) is 20.1 Å². The van der Waals surface area contributed by atoms with Crippen LogP contribution in [0.3, 0.4) is 0 Å². The molecule has 0 amide bonds. The molecule has 0 saturated carbocycles. The van der Waals surface area contributed by atoms with E-state index in [-0.39, 0.29) is 0 Å². The molecule has 0 aromatic carbocycles. The molecule has 3 heteroatoms. The summed E-state index contributed by atoms with van der Waals surface area (Å²) in [6.45, 7) is 3.59. The van der Waals surface area contributed by atoms with Crippen molar-refractivity contribution in [3.8, 4) is 0 Å². The van der Waals surface area contributed by atoms with Gasteiger partial charge >= 0.3 is 0 Å². The van der Waals surface area contributed by atoms with E-state index in [1.807, 2.05) is 0 Å². The molecule has 0 aliphatic carbocycles. The molecule has 0 atom stereocenters. The Morgan fingerprint density at radius 3 is 2.70 bits per heavy atom. The number of hydrogen-bond acceptors (Lipinski definition) is 2. The third-order valence-electron chi connectivity index (χ3n) is 1.14. The molecule has 0 radical (unpaired) electrons. The Bertz CT molecular complexity index is 102. The lowest BCUT2D eigenvalue weighted by molar-refractivity contribution is 0.141. The van der Waals surface area contributed by atoms with Gasteiger partial charge in [0.05, 0.1) is 12.4 Å². The van der Waals surface area contributed by atoms with Crippen LogP contribution in [0.2, 0.25) is 0 Å². The zero-order chi connectivity index (χ0) is 7.82. The average molecular weight is 144 g/mol. The van der Waals surface area contributed by atoms with Crippen molar-refractivity contribution in [2.75, 3.05) is 20.3 Å². The van der Waals surface area contributed by atoms with Gasteiger partial charge < -0.3 is 10.5 Å². The third-order valence-corrected chi connectivity index (χ3v) is 1.14. The van der Waals surface area contributed by atoms with Crippen LogP contribution in [-0.2, 0) is 4.74 Å². The van der Waals surface area contributed by atoms with Gasteiger partial charge in [-0.3, -0.25) is 4.99 Å². The van der Waals surface area contributed by atoms with Crippen LogP contribution in [0.15, 0.2) is 4.99 Å². The Morgan fingerprint density at radius 1 is 1.50 bits per heavy atom. The second kappa shape index (κ2) is 6.55. The Balaban J connectivity index is 3.04. The highest BCUT2D eigenvalue weighted by atomic mass is 16.5. The summed E-state index contributed by atoms with van der Waals surface area (Å²) in [6, 6.07) is 0. The molecule has 0 unspecified atom stereocenters. The van der Waals surface area contributed by atoms with Crippen LogP contribution in [0.5, 0.6) is 0 Å². The van der Waals surface area contributed by atoms with Crippen molar-refractivity contribution in [1.82, 2.24) is 0 Å². The Hall–Kier alpha value is -0.570. The molecule has 60 valence electrons. The van der Waals surface area contributed by atoms with Crippen molar-refractivity contribution in [3.05, 3.63) is 0 Å². The normalized spacial score (nSPS) is 12.0. The molecule has 0 heterocycles. The van der Waals surface area contributed by atoms with Gasteiger partial charge in [-0.1, -0.05) is 6.92 Å². The molecule has 0 rings (SSSR count). The Morgan fingerprint density at radius 2 is 2.20 bits per heavy atom. The van der Waals surface area contributed by atoms with Crippen LogP contribution in [0.1, 0.15) is 19.8 Å². The number of nitrogens with zero attached hydrogens (tertiary/aromatic N) is 1. The lowest BCUT2D eigenvalue weighted by Crippen LogP contribution is -2.14. The van der Waals surface area contributed by atoms with E-state index < -0.39 is 0 Å². The molecule has 3 nitrogen and oxygen atoms in total. The van der Waals surface area contributed by atoms with Gasteiger partial charge in [0.2, 0.25) is 0 Å². The highest BCUT2D eigenvalue weighted by Crippen LogP contribution is 1.84. The zero-order valence-corrected chi connectivity index (χ0v) is 6.76. The molecule has 10 heavy (non-hydrogen) atoms. The van der Waals surface area contributed by atoms with E-state index in [9.17, 15) is 0 Å². The molecule has 0 aromatic rings. The molecule has 0 aliphatic heterocycles. The molecular weight excluding hydrogens is 128 g/mol. The molecule has 0 spiro atoms. The van der Waals surface area contributed by atoms with Gasteiger partial charge in [0.1, 0.15) is 0 Å². The summed E-state index contributed by atoms with van der Waals surface area (Å²) < 4.78 is 5.19. The summed E-state index contributed by atoms with van der Waals surface area (Å²) in [6.07, 6.45) is 1.81. The first-order valence-corrected chi connectivity index (χ1v) is 3.60. The first-order chi connectivity index (χ1) is 4.81. The van der Waals surface area contributed by atoms with Gasteiger partial charge in [-0.2, -0.15) is 0 Å². The van der Waals surface area contributed by atoms with Gasteiger partial charge in [-0.05, 0) is 6.42 Å². The molecule has 0 aliphatic rings. The van der Waals surface area contributed by atoms with Crippen LogP contribution >= 0.6 is 0 Å². The summed E-state index contributed by atoms with van der Waals surface area (Å²) in [4.78, 5) is 3.80. The molecule has 0 saturated heterocycles. The minimum absolute atomic E-state index is 0.663. The topological polar surface area (TPSA) is 47.6 Å². The number of rotatable bonds is 5. The lowest BCUT2D eigenvalue weighted by atomic mass is 10.4. The highest BCUT2D eigenvalue weighted by molar-refractivity contribution is 5.80. The monoisotopic (exact) mass is 144 g/mol. The van der Waals surface area contributed by atoms with E-state index in [2.05, 4.69) is 11.9 Å². The predicted molar refractivity (Wildman–Crippen MR) is 43.3 cm³/mol. The smallest absolute Gasteiger partial charge is 0.0956 e. The number of aliphatic imine (C=N–C) groups is 1. The second-order valence-electron chi connectivity index (χ2n) is 2.08. The number of ether oxygens (including phenoxy) is 1. The molecule has 0 bridgehead atoms. The summed E-state index contributed by atoms with van der Waals surface area (Å²) in [5.74, 6) is 0.663. The fourth-order valence-electron chi connectivity index (χ4n) is 0.535. The van der Waals surface area contributed by atoms with Crippen LogP contribution < -0.4 is 5.73 Å².